The monoisotopic (exact) mass is 855 g/mol. The van der Waals surface area contributed by atoms with E-state index in [0.717, 1.165) is 19.3 Å². The van der Waals surface area contributed by atoms with E-state index in [2.05, 4.69) is 27.0 Å². The first kappa shape index (κ1) is 48.3. The number of ether oxygens (including phenoxy) is 2. The van der Waals surface area contributed by atoms with E-state index in [4.69, 9.17) is 34.4 Å². The molecular formula is C35H60ClN5O13P2. The minimum Gasteiger partial charge on any atom is -0.465 e. The quantitative estimate of drug-likeness (QED) is 0.0266. The fourth-order valence-electron chi connectivity index (χ4n) is 6.14. The fourth-order valence-corrected chi connectivity index (χ4v) is 9.28. The van der Waals surface area contributed by atoms with Gasteiger partial charge in [0.05, 0.1) is 32.0 Å². The topological polar surface area (TPSA) is 251 Å². The maximum Gasteiger partial charge on any atom is 0.480 e. The van der Waals surface area contributed by atoms with Crippen LogP contribution in [0.2, 0.25) is 0 Å². The molecule has 7 atom stereocenters. The number of rotatable bonds is 30. The van der Waals surface area contributed by atoms with Crippen molar-refractivity contribution >= 4 is 50.1 Å². The van der Waals surface area contributed by atoms with Crippen LogP contribution in [0.4, 0.5) is 0 Å². The first-order chi connectivity index (χ1) is 26.7. The highest BCUT2D eigenvalue weighted by molar-refractivity contribution is 7.63. The molecule has 0 radical (unpaired) electrons. The van der Waals surface area contributed by atoms with Gasteiger partial charge in [-0.3, -0.25) is 28.0 Å². The van der Waals surface area contributed by atoms with Crippen molar-refractivity contribution in [2.45, 2.75) is 154 Å². The maximum absolute atomic E-state index is 13.7. The number of aromatic amines is 1. The Bertz CT molecular complexity index is 1660. The van der Waals surface area contributed by atoms with Crippen LogP contribution in [0.5, 0.6) is 0 Å². The summed E-state index contributed by atoms with van der Waals surface area (Å²) in [5.74, 6) is -1.11. The molecule has 0 aliphatic carbocycles. The SMILES string of the molecule is CCCCCCCCCCCCCCCCOC(=O)[C@H](C)NP(=O)(OCCCC(=O)CCl)OP(=O)(O)OC[C@H]1O[C@@H](n2cnc3c(=O)[nH]c(C)nc32)[C@H](O)[C@@H]1O. The van der Waals surface area contributed by atoms with Gasteiger partial charge in [0.15, 0.2) is 17.4 Å². The van der Waals surface area contributed by atoms with Crippen molar-refractivity contribution in [1.29, 1.82) is 0 Å². The van der Waals surface area contributed by atoms with Crippen molar-refractivity contribution in [2.75, 3.05) is 25.7 Å². The van der Waals surface area contributed by atoms with E-state index in [-0.39, 0.29) is 54.7 Å². The first-order valence-corrected chi connectivity index (χ1v) is 23.2. The van der Waals surface area contributed by atoms with Crippen LogP contribution in [0, 0.1) is 6.92 Å². The molecular weight excluding hydrogens is 796 g/mol. The number of nitrogens with one attached hydrogen (secondary N) is 2. The van der Waals surface area contributed by atoms with Gasteiger partial charge in [0, 0.05) is 6.42 Å². The fraction of sp³-hybridized carbons (Fsp3) is 0.800. The number of carbonyl (C=O) groups is 2. The molecule has 56 heavy (non-hydrogen) atoms. The summed E-state index contributed by atoms with van der Waals surface area (Å²) in [5, 5.41) is 23.7. The van der Waals surface area contributed by atoms with Crippen LogP contribution in [-0.4, -0.2) is 96.4 Å². The average molecular weight is 856 g/mol. The Morgan fingerprint density at radius 2 is 1.57 bits per heavy atom. The predicted molar refractivity (Wildman–Crippen MR) is 208 cm³/mol. The predicted octanol–water partition coefficient (Wildman–Crippen LogP) is 5.90. The molecule has 0 aromatic carbocycles. The van der Waals surface area contributed by atoms with Gasteiger partial charge in [-0.2, -0.15) is 4.31 Å². The van der Waals surface area contributed by atoms with E-state index in [1.807, 2.05) is 0 Å². The highest BCUT2D eigenvalue weighted by Crippen LogP contribution is 2.61. The number of aryl methyl sites for hydroxylation is 1. The zero-order valence-electron chi connectivity index (χ0n) is 32.6. The summed E-state index contributed by atoms with van der Waals surface area (Å²) in [4.78, 5) is 57.9. The number of aromatic nitrogens is 4. The van der Waals surface area contributed by atoms with Crippen molar-refractivity contribution in [3.05, 3.63) is 22.5 Å². The molecule has 18 nitrogen and oxygen atoms in total. The number of aliphatic hydroxyl groups is 2. The van der Waals surface area contributed by atoms with Gasteiger partial charge < -0.3 is 29.6 Å². The van der Waals surface area contributed by atoms with Gasteiger partial charge in [-0.15, -0.1) is 11.6 Å². The Balaban J connectivity index is 1.47. The molecule has 1 aliphatic heterocycles. The highest BCUT2D eigenvalue weighted by Gasteiger charge is 2.46. The first-order valence-electron chi connectivity index (χ1n) is 19.6. The van der Waals surface area contributed by atoms with Crippen LogP contribution in [0.1, 0.15) is 129 Å². The lowest BCUT2D eigenvalue weighted by Crippen LogP contribution is -2.35. The van der Waals surface area contributed by atoms with Crippen LogP contribution in [0.3, 0.4) is 0 Å². The number of fused-ring (bicyclic) bond motifs is 1. The number of Topliss-reactive ketones (excluding diaryl/α,β-unsaturated/α-hetero) is 1. The number of phosphoric ester groups is 1. The van der Waals surface area contributed by atoms with Gasteiger partial charge in [0.25, 0.3) is 5.56 Å². The molecule has 0 spiro atoms. The summed E-state index contributed by atoms with van der Waals surface area (Å²) in [7, 11) is -10.1. The van der Waals surface area contributed by atoms with Gasteiger partial charge in [-0.25, -0.2) is 24.2 Å². The highest BCUT2D eigenvalue weighted by atomic mass is 35.5. The molecule has 2 aromatic rings. The lowest BCUT2D eigenvalue weighted by atomic mass is 10.0. The Morgan fingerprint density at radius 1 is 0.964 bits per heavy atom. The van der Waals surface area contributed by atoms with Gasteiger partial charge >= 0.3 is 21.5 Å². The summed E-state index contributed by atoms with van der Waals surface area (Å²) >= 11 is 5.53. The number of aliphatic hydroxyl groups excluding tert-OH is 2. The van der Waals surface area contributed by atoms with Crippen molar-refractivity contribution < 1.29 is 56.7 Å². The molecule has 1 fully saturated rings. The number of phosphoric acid groups is 1. The summed E-state index contributed by atoms with van der Waals surface area (Å²) < 4.78 is 54.3. The lowest BCUT2D eigenvalue weighted by Gasteiger charge is -2.24. The standard InChI is InChI=1S/C35H60ClN5O13P2/c1-4-5-6-7-8-9-10-11-12-13-14-15-16-17-20-50-35(46)25(2)40-55(47,51-21-18-19-27(42)22-36)54-56(48,49)52-23-28-30(43)31(44)34(53-28)41-24-37-29-32(41)38-26(3)39-33(29)45/h24-25,28,30-31,34,43-44H,4-23H2,1-3H3,(H,40,47)(H,48,49)(H,38,39,45)/t25-,28+,30+,31+,34+,55?/m0/s1. The molecule has 2 unspecified atom stereocenters. The molecule has 1 saturated heterocycles. The summed E-state index contributed by atoms with van der Waals surface area (Å²) in [6.07, 6.45) is 11.6. The van der Waals surface area contributed by atoms with E-state index < -0.39 is 64.3 Å². The Labute approximate surface area is 332 Å². The number of ketones is 1. The Kier molecular flexibility index (Phi) is 21.3. The molecule has 0 amide bonds. The number of unbranched alkanes of at least 4 members (excludes halogenated alkanes) is 13. The average Bonchev–Trinajstić information content (AvgIpc) is 3.69. The largest absolute Gasteiger partial charge is 0.480 e. The normalized spacial score (nSPS) is 21.2. The molecule has 320 valence electrons. The smallest absolute Gasteiger partial charge is 0.465 e. The second-order valence-corrected chi connectivity index (χ2v) is 17.7. The minimum atomic E-state index is -5.30. The molecule has 5 N–H and O–H groups in total. The molecule has 2 aromatic heterocycles. The van der Waals surface area contributed by atoms with E-state index >= 15 is 0 Å². The third kappa shape index (κ3) is 16.3. The van der Waals surface area contributed by atoms with Gasteiger partial charge in [0.2, 0.25) is 0 Å². The van der Waals surface area contributed by atoms with Crippen molar-refractivity contribution in [1.82, 2.24) is 24.6 Å². The number of alkyl halides is 1. The number of hydrogen-bond acceptors (Lipinski definition) is 14. The summed E-state index contributed by atoms with van der Waals surface area (Å²) in [5.41, 5.74) is -0.516. The van der Waals surface area contributed by atoms with E-state index in [0.29, 0.717) is 6.42 Å². The number of esters is 1. The van der Waals surface area contributed by atoms with Crippen LogP contribution in [-0.2, 0) is 41.6 Å². The van der Waals surface area contributed by atoms with E-state index in [1.165, 1.54) is 89.0 Å². The number of carbonyl (C=O) groups excluding carboxylic acids is 2. The zero-order valence-corrected chi connectivity index (χ0v) is 35.2. The van der Waals surface area contributed by atoms with Crippen LogP contribution >= 0.6 is 27.2 Å². The number of hydrogen-bond donors (Lipinski definition) is 5. The van der Waals surface area contributed by atoms with Crippen molar-refractivity contribution in [3.63, 3.8) is 0 Å². The Hall–Kier alpha value is -2.08. The number of H-pyrrole nitrogens is 1. The Morgan fingerprint density at radius 3 is 2.18 bits per heavy atom. The maximum atomic E-state index is 13.7. The number of imidazole rings is 1. The van der Waals surface area contributed by atoms with Gasteiger partial charge in [-0.05, 0) is 26.7 Å². The number of nitrogens with zero attached hydrogens (tertiary/aromatic N) is 3. The molecule has 1 aliphatic rings. The lowest BCUT2D eigenvalue weighted by molar-refractivity contribution is -0.145. The second-order valence-electron chi connectivity index (χ2n) is 14.1. The number of halogens is 1. The molecule has 3 heterocycles. The van der Waals surface area contributed by atoms with Crippen molar-refractivity contribution in [3.8, 4) is 0 Å². The van der Waals surface area contributed by atoms with Crippen molar-refractivity contribution in [2.24, 2.45) is 0 Å². The molecule has 3 rings (SSSR count). The molecule has 0 saturated carbocycles. The van der Waals surface area contributed by atoms with Gasteiger partial charge in [0.1, 0.15) is 36.0 Å². The molecule has 0 bridgehead atoms. The van der Waals surface area contributed by atoms with Crippen LogP contribution in [0.15, 0.2) is 11.1 Å². The second kappa shape index (κ2) is 24.8. The van der Waals surface area contributed by atoms with Crippen LogP contribution in [0.25, 0.3) is 11.2 Å². The third-order valence-corrected chi connectivity index (χ3v) is 12.9. The molecule has 21 heteroatoms. The minimum absolute atomic E-state index is 0.0275. The third-order valence-electron chi connectivity index (χ3n) is 9.23. The van der Waals surface area contributed by atoms with E-state index in [1.54, 1.807) is 0 Å². The summed E-state index contributed by atoms with van der Waals surface area (Å²) in [6.45, 7) is 3.96. The van der Waals surface area contributed by atoms with Gasteiger partial charge in [-0.1, -0.05) is 90.4 Å². The van der Waals surface area contributed by atoms with E-state index in [9.17, 15) is 38.6 Å². The zero-order chi connectivity index (χ0) is 41.1. The van der Waals surface area contributed by atoms with Crippen LogP contribution < -0.4 is 10.6 Å². The summed E-state index contributed by atoms with van der Waals surface area (Å²) in [6, 6.07) is -1.32.